The van der Waals surface area contributed by atoms with Crippen LogP contribution in [0.3, 0.4) is 0 Å². The first-order valence-corrected chi connectivity index (χ1v) is 9.04. The van der Waals surface area contributed by atoms with Crippen molar-refractivity contribution in [3.8, 4) is 5.75 Å². The molecule has 0 radical (unpaired) electrons. The molecule has 1 aliphatic heterocycles. The first-order chi connectivity index (χ1) is 11.7. The number of ether oxygens (including phenoxy) is 2. The summed E-state index contributed by atoms with van der Waals surface area (Å²) in [7, 11) is 0. The highest BCUT2D eigenvalue weighted by Gasteiger charge is 2.17. The fourth-order valence-corrected chi connectivity index (χ4v) is 2.81. The van der Waals surface area contributed by atoms with E-state index in [2.05, 4.69) is 5.32 Å². The molecule has 1 aromatic rings. The molecule has 1 aromatic carbocycles. The second kappa shape index (κ2) is 12.1. The van der Waals surface area contributed by atoms with Crippen LogP contribution < -0.4 is 15.8 Å². The number of amides is 1. The maximum Gasteiger partial charge on any atom is 0.224 e. The van der Waals surface area contributed by atoms with E-state index in [1.54, 1.807) is 0 Å². The smallest absolute Gasteiger partial charge is 0.224 e. The number of anilines is 1. The van der Waals surface area contributed by atoms with Crippen LogP contribution >= 0.6 is 12.4 Å². The maximum atomic E-state index is 12.1. The number of nitrogens with one attached hydrogen (secondary N) is 1. The molecule has 1 unspecified atom stereocenters. The van der Waals surface area contributed by atoms with Crippen LogP contribution in [0, 0.1) is 6.92 Å². The number of unbranched alkanes of at least 4 members (excludes halogenated alkanes) is 3. The second-order valence-corrected chi connectivity index (χ2v) is 6.45. The standard InChI is InChI=1S/C19H30N2O3.ClH/c1-15-9-10-17(21-19(22)8-4-2-3-5-11-20)18(13-15)24-14-16-7-6-12-23-16;/h9-10,13,16H,2-8,11-12,14,20H2,1H3,(H,21,22);1H. The summed E-state index contributed by atoms with van der Waals surface area (Å²) in [5, 5.41) is 2.97. The summed E-state index contributed by atoms with van der Waals surface area (Å²) in [4.78, 5) is 12.1. The Morgan fingerprint density at radius 3 is 2.84 bits per heavy atom. The summed E-state index contributed by atoms with van der Waals surface area (Å²) in [5.74, 6) is 0.760. The van der Waals surface area contributed by atoms with Gasteiger partial charge in [0.1, 0.15) is 12.4 Å². The van der Waals surface area contributed by atoms with Gasteiger partial charge in [0.2, 0.25) is 5.91 Å². The van der Waals surface area contributed by atoms with E-state index >= 15 is 0 Å². The SMILES string of the molecule is Cc1ccc(NC(=O)CCCCCCN)c(OCC2CCCO2)c1.Cl. The van der Waals surface area contributed by atoms with Crippen LogP contribution in [0.5, 0.6) is 5.75 Å². The molecule has 1 amide bonds. The van der Waals surface area contributed by atoms with E-state index in [9.17, 15) is 4.79 Å². The number of hydrogen-bond donors (Lipinski definition) is 2. The van der Waals surface area contributed by atoms with Crippen molar-refractivity contribution in [3.63, 3.8) is 0 Å². The van der Waals surface area contributed by atoms with Gasteiger partial charge >= 0.3 is 0 Å². The lowest BCUT2D eigenvalue weighted by Gasteiger charge is -2.16. The monoisotopic (exact) mass is 370 g/mol. The molecule has 0 bridgehead atoms. The summed E-state index contributed by atoms with van der Waals surface area (Å²) in [6.45, 7) is 4.09. The zero-order chi connectivity index (χ0) is 17.2. The molecule has 0 aliphatic carbocycles. The molecule has 1 heterocycles. The number of carbonyl (C=O) groups is 1. The third kappa shape index (κ3) is 8.08. The number of benzene rings is 1. The van der Waals surface area contributed by atoms with Crippen molar-refractivity contribution in [3.05, 3.63) is 23.8 Å². The van der Waals surface area contributed by atoms with Gasteiger partial charge in [-0.15, -0.1) is 12.4 Å². The number of aryl methyl sites for hydroxylation is 1. The van der Waals surface area contributed by atoms with E-state index in [1.165, 1.54) is 0 Å². The molecule has 1 fully saturated rings. The van der Waals surface area contributed by atoms with Gasteiger partial charge in [0.15, 0.2) is 0 Å². The van der Waals surface area contributed by atoms with Gasteiger partial charge in [0.25, 0.3) is 0 Å². The summed E-state index contributed by atoms with van der Waals surface area (Å²) in [6, 6.07) is 5.86. The number of carbonyl (C=O) groups excluding carboxylic acids is 1. The number of hydrogen-bond acceptors (Lipinski definition) is 4. The van der Waals surface area contributed by atoms with Gasteiger partial charge in [-0.25, -0.2) is 0 Å². The largest absolute Gasteiger partial charge is 0.489 e. The van der Waals surface area contributed by atoms with Gasteiger partial charge in [-0.2, -0.15) is 0 Å². The Kier molecular flexibility index (Phi) is 10.5. The molecule has 1 aliphatic rings. The van der Waals surface area contributed by atoms with Crippen LogP contribution in [-0.2, 0) is 9.53 Å². The van der Waals surface area contributed by atoms with Crippen LogP contribution in [0.15, 0.2) is 18.2 Å². The molecule has 6 heteroatoms. The van der Waals surface area contributed by atoms with E-state index in [-0.39, 0.29) is 24.4 Å². The van der Waals surface area contributed by atoms with Crippen LogP contribution in [0.1, 0.15) is 50.5 Å². The van der Waals surface area contributed by atoms with Crippen LogP contribution in [0.4, 0.5) is 5.69 Å². The topological polar surface area (TPSA) is 73.6 Å². The van der Waals surface area contributed by atoms with Gasteiger partial charge in [0, 0.05) is 13.0 Å². The Bertz CT molecular complexity index is 519. The Morgan fingerprint density at radius 2 is 2.12 bits per heavy atom. The van der Waals surface area contributed by atoms with Gasteiger partial charge in [-0.1, -0.05) is 18.9 Å². The van der Waals surface area contributed by atoms with Gasteiger partial charge in [0.05, 0.1) is 11.8 Å². The normalized spacial score (nSPS) is 16.3. The highest BCUT2D eigenvalue weighted by atomic mass is 35.5. The average Bonchev–Trinajstić information content (AvgIpc) is 3.08. The fourth-order valence-electron chi connectivity index (χ4n) is 2.81. The highest BCUT2D eigenvalue weighted by molar-refractivity contribution is 5.92. The Balaban J connectivity index is 0.00000312. The predicted molar refractivity (Wildman–Crippen MR) is 104 cm³/mol. The minimum Gasteiger partial charge on any atom is -0.489 e. The van der Waals surface area contributed by atoms with Crippen molar-refractivity contribution >= 4 is 24.0 Å². The van der Waals surface area contributed by atoms with Crippen LogP contribution in [0.25, 0.3) is 0 Å². The molecular weight excluding hydrogens is 340 g/mol. The quantitative estimate of drug-likeness (QED) is 0.614. The number of halogens is 1. The lowest BCUT2D eigenvalue weighted by molar-refractivity contribution is -0.116. The summed E-state index contributed by atoms with van der Waals surface area (Å²) >= 11 is 0. The van der Waals surface area contributed by atoms with E-state index in [4.69, 9.17) is 15.2 Å². The molecule has 142 valence electrons. The molecule has 5 nitrogen and oxygen atoms in total. The second-order valence-electron chi connectivity index (χ2n) is 6.45. The minimum atomic E-state index is 0. The van der Waals surface area contributed by atoms with Crippen LogP contribution in [-0.4, -0.2) is 31.8 Å². The molecule has 1 atom stereocenters. The first kappa shape index (κ1) is 21.7. The molecule has 1 saturated heterocycles. The highest BCUT2D eigenvalue weighted by Crippen LogP contribution is 2.27. The Hall–Kier alpha value is -1.30. The minimum absolute atomic E-state index is 0. The third-order valence-corrected chi connectivity index (χ3v) is 4.22. The van der Waals surface area contributed by atoms with Crippen molar-refractivity contribution in [2.24, 2.45) is 5.73 Å². The van der Waals surface area contributed by atoms with E-state index in [0.29, 0.717) is 13.0 Å². The summed E-state index contributed by atoms with van der Waals surface area (Å²) < 4.78 is 11.5. The van der Waals surface area contributed by atoms with Crippen molar-refractivity contribution < 1.29 is 14.3 Å². The third-order valence-electron chi connectivity index (χ3n) is 4.22. The lowest BCUT2D eigenvalue weighted by Crippen LogP contribution is -2.18. The molecule has 3 N–H and O–H groups in total. The first-order valence-electron chi connectivity index (χ1n) is 9.04. The lowest BCUT2D eigenvalue weighted by atomic mass is 10.1. The van der Waals surface area contributed by atoms with Crippen molar-refractivity contribution in [2.45, 2.75) is 58.0 Å². The fraction of sp³-hybridized carbons (Fsp3) is 0.632. The molecule has 25 heavy (non-hydrogen) atoms. The van der Waals surface area contributed by atoms with Gasteiger partial charge in [-0.05, 0) is 56.8 Å². The molecular formula is C19H31ClN2O3. The molecule has 2 rings (SSSR count). The molecule has 0 saturated carbocycles. The Labute approximate surface area is 157 Å². The molecule has 0 aromatic heterocycles. The van der Waals surface area contributed by atoms with Gasteiger partial charge in [-0.3, -0.25) is 4.79 Å². The zero-order valence-corrected chi connectivity index (χ0v) is 15.9. The zero-order valence-electron chi connectivity index (χ0n) is 15.1. The van der Waals surface area contributed by atoms with E-state index in [0.717, 1.165) is 68.7 Å². The number of nitrogens with two attached hydrogens (primary N) is 1. The van der Waals surface area contributed by atoms with Crippen molar-refractivity contribution in [1.82, 2.24) is 0 Å². The van der Waals surface area contributed by atoms with Gasteiger partial charge < -0.3 is 20.5 Å². The Morgan fingerprint density at radius 1 is 1.32 bits per heavy atom. The van der Waals surface area contributed by atoms with Crippen molar-refractivity contribution in [2.75, 3.05) is 25.1 Å². The number of rotatable bonds is 10. The van der Waals surface area contributed by atoms with E-state index in [1.807, 2.05) is 25.1 Å². The predicted octanol–water partition coefficient (Wildman–Crippen LogP) is 3.82. The van der Waals surface area contributed by atoms with E-state index < -0.39 is 0 Å². The molecule has 0 spiro atoms. The van der Waals surface area contributed by atoms with Crippen LogP contribution in [0.2, 0.25) is 0 Å². The average molecular weight is 371 g/mol. The summed E-state index contributed by atoms with van der Waals surface area (Å²) in [5.41, 5.74) is 7.32. The van der Waals surface area contributed by atoms with Crippen molar-refractivity contribution in [1.29, 1.82) is 0 Å². The maximum absolute atomic E-state index is 12.1. The summed E-state index contributed by atoms with van der Waals surface area (Å²) in [6.07, 6.45) is 6.88.